The largest absolute Gasteiger partial charge is 0.480 e. The van der Waals surface area contributed by atoms with Gasteiger partial charge in [0.05, 0.1) is 4.90 Å². The van der Waals surface area contributed by atoms with Gasteiger partial charge in [-0.1, -0.05) is 37.5 Å². The number of sulfone groups is 1. The Balaban J connectivity index is 2.35. The number of carboxylic acids is 1. The van der Waals surface area contributed by atoms with Crippen molar-refractivity contribution in [1.82, 2.24) is 0 Å². The van der Waals surface area contributed by atoms with Crippen LogP contribution in [0.1, 0.15) is 38.2 Å². The fourth-order valence-electron chi connectivity index (χ4n) is 2.94. The average molecular weight is 296 g/mol. The van der Waals surface area contributed by atoms with E-state index in [4.69, 9.17) is 0 Å². The van der Waals surface area contributed by atoms with Crippen LogP contribution >= 0.6 is 0 Å². The van der Waals surface area contributed by atoms with Crippen LogP contribution < -0.4 is 0 Å². The van der Waals surface area contributed by atoms with Gasteiger partial charge in [0.2, 0.25) is 0 Å². The molecule has 1 aliphatic carbocycles. The van der Waals surface area contributed by atoms with Crippen molar-refractivity contribution >= 4 is 15.8 Å². The van der Waals surface area contributed by atoms with Crippen LogP contribution in [0.25, 0.3) is 0 Å². The molecule has 0 radical (unpaired) electrons. The molecule has 0 aliphatic heterocycles. The highest BCUT2D eigenvalue weighted by molar-refractivity contribution is 7.93. The van der Waals surface area contributed by atoms with Crippen molar-refractivity contribution in [3.63, 3.8) is 0 Å². The average Bonchev–Trinajstić information content (AvgIpc) is 2.32. The molecule has 5 heteroatoms. The van der Waals surface area contributed by atoms with Crippen molar-refractivity contribution in [2.24, 2.45) is 5.92 Å². The van der Waals surface area contributed by atoms with E-state index < -0.39 is 20.6 Å². The number of aliphatic carboxylic acids is 1. The van der Waals surface area contributed by atoms with E-state index >= 15 is 0 Å². The van der Waals surface area contributed by atoms with Crippen LogP contribution in [0, 0.1) is 12.8 Å². The molecule has 0 saturated heterocycles. The summed E-state index contributed by atoms with van der Waals surface area (Å²) in [4.78, 5) is 11.7. The lowest BCUT2D eigenvalue weighted by molar-refractivity contribution is -0.144. The number of benzene rings is 1. The molecule has 1 saturated carbocycles. The Morgan fingerprint density at radius 1 is 1.30 bits per heavy atom. The third-order valence-corrected chi connectivity index (χ3v) is 6.60. The van der Waals surface area contributed by atoms with E-state index in [2.05, 4.69) is 0 Å². The van der Waals surface area contributed by atoms with Crippen molar-refractivity contribution in [3.8, 4) is 0 Å². The van der Waals surface area contributed by atoms with Gasteiger partial charge in [-0.3, -0.25) is 4.79 Å². The van der Waals surface area contributed by atoms with Crippen LogP contribution in [-0.2, 0) is 14.6 Å². The molecule has 4 nitrogen and oxygen atoms in total. The molecule has 0 bridgehead atoms. The zero-order chi connectivity index (χ0) is 15.0. The van der Waals surface area contributed by atoms with Gasteiger partial charge in [0, 0.05) is 0 Å². The van der Waals surface area contributed by atoms with Gasteiger partial charge in [-0.15, -0.1) is 0 Å². The van der Waals surface area contributed by atoms with Crippen molar-refractivity contribution in [1.29, 1.82) is 0 Å². The molecular weight excluding hydrogens is 276 g/mol. The molecular formula is C15H20O4S. The predicted molar refractivity (Wildman–Crippen MR) is 76.4 cm³/mol. The Hall–Kier alpha value is -1.36. The summed E-state index contributed by atoms with van der Waals surface area (Å²) in [6.45, 7) is 3.89. The van der Waals surface area contributed by atoms with Crippen LogP contribution in [0.5, 0.6) is 0 Å². The van der Waals surface area contributed by atoms with E-state index in [1.807, 2.05) is 13.8 Å². The second-order valence-corrected chi connectivity index (χ2v) is 7.94. The van der Waals surface area contributed by atoms with Crippen LogP contribution in [0.3, 0.4) is 0 Å². The van der Waals surface area contributed by atoms with E-state index in [0.29, 0.717) is 0 Å². The molecule has 1 aliphatic rings. The zero-order valence-corrected chi connectivity index (χ0v) is 12.6. The summed E-state index contributed by atoms with van der Waals surface area (Å²) in [7, 11) is -3.83. The van der Waals surface area contributed by atoms with Gasteiger partial charge in [0.15, 0.2) is 14.6 Å². The maximum Gasteiger partial charge on any atom is 0.325 e. The minimum atomic E-state index is -3.83. The van der Waals surface area contributed by atoms with Crippen LogP contribution in [0.4, 0.5) is 0 Å². The number of hydrogen-bond donors (Lipinski definition) is 1. The highest BCUT2D eigenvalue weighted by atomic mass is 32.2. The number of aryl methyl sites for hydroxylation is 1. The first-order valence-electron chi connectivity index (χ1n) is 6.88. The summed E-state index contributed by atoms with van der Waals surface area (Å²) < 4.78 is 23.7. The van der Waals surface area contributed by atoms with E-state index in [1.54, 1.807) is 12.1 Å². The van der Waals surface area contributed by atoms with Gasteiger partial charge in [-0.2, -0.15) is 0 Å². The first-order valence-corrected chi connectivity index (χ1v) is 8.36. The van der Waals surface area contributed by atoms with Crippen molar-refractivity contribution in [2.45, 2.75) is 49.2 Å². The smallest absolute Gasteiger partial charge is 0.325 e. The Morgan fingerprint density at radius 2 is 1.85 bits per heavy atom. The molecule has 1 aromatic rings. The van der Waals surface area contributed by atoms with Gasteiger partial charge in [-0.05, 0) is 37.8 Å². The molecule has 0 spiro atoms. The Bertz CT molecular complexity index is 595. The molecule has 0 atom stereocenters. The summed E-state index contributed by atoms with van der Waals surface area (Å²) in [5.41, 5.74) is 0.950. The van der Waals surface area contributed by atoms with Gasteiger partial charge in [0.1, 0.15) is 0 Å². The predicted octanol–water partition coefficient (Wildman–Crippen LogP) is 2.80. The Labute approximate surface area is 119 Å². The number of hydrogen-bond acceptors (Lipinski definition) is 3. The summed E-state index contributed by atoms with van der Waals surface area (Å²) in [6.07, 6.45) is 2.29. The fraction of sp³-hybridized carbons (Fsp3) is 0.533. The van der Waals surface area contributed by atoms with Crippen molar-refractivity contribution in [2.75, 3.05) is 0 Å². The standard InChI is InChI=1S/C15H20O4S/c1-3-4-12-9-15(10-12,14(16)17)20(18,19)13-7-5-11(2)6-8-13/h5-8,12H,3-4,9-10H2,1-2H3,(H,16,17). The summed E-state index contributed by atoms with van der Waals surface area (Å²) in [5.74, 6) is -1.01. The molecule has 0 unspecified atom stereocenters. The Morgan fingerprint density at radius 3 is 2.30 bits per heavy atom. The molecule has 1 fully saturated rings. The second-order valence-electron chi connectivity index (χ2n) is 5.68. The van der Waals surface area contributed by atoms with Crippen LogP contribution in [0.2, 0.25) is 0 Å². The lowest BCUT2D eigenvalue weighted by atomic mass is 9.72. The topological polar surface area (TPSA) is 71.4 Å². The number of rotatable bonds is 5. The first kappa shape index (κ1) is 15.0. The molecule has 0 aromatic heterocycles. The maximum atomic E-state index is 12.7. The summed E-state index contributed by atoms with van der Waals surface area (Å²) in [6, 6.07) is 6.40. The highest BCUT2D eigenvalue weighted by Crippen LogP contribution is 2.48. The lowest BCUT2D eigenvalue weighted by Gasteiger charge is -2.43. The molecule has 0 heterocycles. The Kier molecular flexibility index (Phi) is 3.91. The second kappa shape index (κ2) is 5.20. The van der Waals surface area contributed by atoms with E-state index in [0.717, 1.165) is 18.4 Å². The number of carbonyl (C=O) groups is 1. The first-order chi connectivity index (χ1) is 9.33. The molecule has 110 valence electrons. The van der Waals surface area contributed by atoms with Gasteiger partial charge < -0.3 is 5.11 Å². The number of carboxylic acid groups (broad SMARTS) is 1. The molecule has 1 aromatic carbocycles. The SMILES string of the molecule is CCCC1CC(C(=O)O)(S(=O)(=O)c2ccc(C)cc2)C1. The monoisotopic (exact) mass is 296 g/mol. The molecule has 0 amide bonds. The lowest BCUT2D eigenvalue weighted by Crippen LogP contribution is -2.56. The van der Waals surface area contributed by atoms with E-state index in [9.17, 15) is 18.3 Å². The molecule has 2 rings (SSSR count). The normalized spacial score (nSPS) is 26.0. The minimum Gasteiger partial charge on any atom is -0.480 e. The quantitative estimate of drug-likeness (QED) is 0.907. The summed E-state index contributed by atoms with van der Waals surface area (Å²) >= 11 is 0. The van der Waals surface area contributed by atoms with Crippen molar-refractivity contribution in [3.05, 3.63) is 29.8 Å². The van der Waals surface area contributed by atoms with Gasteiger partial charge in [-0.25, -0.2) is 8.42 Å². The van der Waals surface area contributed by atoms with E-state index in [1.165, 1.54) is 12.1 Å². The van der Waals surface area contributed by atoms with Crippen LogP contribution in [0.15, 0.2) is 29.2 Å². The zero-order valence-electron chi connectivity index (χ0n) is 11.8. The third-order valence-electron chi connectivity index (χ3n) is 4.17. The van der Waals surface area contributed by atoms with Crippen molar-refractivity contribution < 1.29 is 18.3 Å². The fourth-order valence-corrected chi connectivity index (χ4v) is 5.02. The molecule has 1 N–H and O–H groups in total. The van der Waals surface area contributed by atoms with Gasteiger partial charge in [0.25, 0.3) is 0 Å². The summed E-state index contributed by atoms with van der Waals surface area (Å²) in [5, 5.41) is 9.44. The molecule has 20 heavy (non-hydrogen) atoms. The van der Waals surface area contributed by atoms with Crippen LogP contribution in [-0.4, -0.2) is 24.2 Å². The maximum absolute atomic E-state index is 12.7. The third kappa shape index (κ3) is 2.24. The minimum absolute atomic E-state index is 0.112. The van der Waals surface area contributed by atoms with E-state index in [-0.39, 0.29) is 23.7 Å². The van der Waals surface area contributed by atoms with Gasteiger partial charge >= 0.3 is 5.97 Å². The highest BCUT2D eigenvalue weighted by Gasteiger charge is 2.59.